The molecule has 1 aliphatic rings. The Kier molecular flexibility index (Phi) is 3.88. The van der Waals surface area contributed by atoms with E-state index >= 15 is 0 Å². The quantitative estimate of drug-likeness (QED) is 0.845. The van der Waals surface area contributed by atoms with Crippen molar-refractivity contribution in [3.8, 4) is 0 Å². The van der Waals surface area contributed by atoms with Gasteiger partial charge in [0.25, 0.3) is 0 Å². The first-order valence-electron chi connectivity index (χ1n) is 6.66. The highest BCUT2D eigenvalue weighted by Gasteiger charge is 2.18. The molecule has 0 fully saturated rings. The molecule has 0 bridgehead atoms. The van der Waals surface area contributed by atoms with Gasteiger partial charge in [-0.05, 0) is 47.4 Å². The minimum Gasteiger partial charge on any atom is -0.398 e. The molecular weight excluding hydrogens is 291 g/mol. The lowest BCUT2D eigenvalue weighted by atomic mass is 9.98. The smallest absolute Gasteiger partial charge is 0.0452 e. The van der Waals surface area contributed by atoms with Gasteiger partial charge in [0.05, 0.1) is 0 Å². The van der Waals surface area contributed by atoms with Crippen molar-refractivity contribution in [3.05, 3.63) is 63.1 Å². The Hall–Kier alpha value is -1.22. The number of fused-ring (bicyclic) bond motifs is 1. The van der Waals surface area contributed by atoms with Gasteiger partial charge in [-0.3, -0.25) is 4.90 Å². The number of benzene rings is 2. The van der Waals surface area contributed by atoms with Crippen LogP contribution in [0.1, 0.15) is 16.7 Å². The maximum atomic E-state index is 6.24. The van der Waals surface area contributed by atoms with Crippen molar-refractivity contribution >= 4 is 28.9 Å². The molecule has 0 unspecified atom stereocenters. The van der Waals surface area contributed by atoms with Gasteiger partial charge >= 0.3 is 0 Å². The zero-order chi connectivity index (χ0) is 14.1. The fourth-order valence-corrected chi connectivity index (χ4v) is 3.08. The summed E-state index contributed by atoms with van der Waals surface area (Å²) in [6, 6.07) is 11.8. The second-order valence-corrected chi connectivity index (χ2v) is 6.02. The molecule has 2 nitrogen and oxygen atoms in total. The molecule has 3 rings (SSSR count). The summed E-state index contributed by atoms with van der Waals surface area (Å²) in [7, 11) is 0. The van der Waals surface area contributed by atoms with Crippen molar-refractivity contribution in [1.29, 1.82) is 0 Å². The normalized spacial score (nSPS) is 15.1. The predicted octanol–water partition coefficient (Wildman–Crippen LogP) is 4.13. The van der Waals surface area contributed by atoms with Crippen LogP contribution in [0.5, 0.6) is 0 Å². The van der Waals surface area contributed by atoms with Crippen LogP contribution in [0.15, 0.2) is 36.4 Å². The number of anilines is 1. The van der Waals surface area contributed by atoms with Gasteiger partial charge in [-0.15, -0.1) is 0 Å². The first kappa shape index (κ1) is 13.7. The highest BCUT2D eigenvalue weighted by molar-refractivity contribution is 6.33. The van der Waals surface area contributed by atoms with Crippen molar-refractivity contribution in [1.82, 2.24) is 4.90 Å². The van der Waals surface area contributed by atoms with Gasteiger partial charge in [-0.1, -0.05) is 35.3 Å². The van der Waals surface area contributed by atoms with Gasteiger partial charge in [0.2, 0.25) is 0 Å². The second-order valence-electron chi connectivity index (χ2n) is 5.18. The third-order valence-electron chi connectivity index (χ3n) is 3.79. The van der Waals surface area contributed by atoms with E-state index in [2.05, 4.69) is 11.0 Å². The number of nitrogens with two attached hydrogens (primary N) is 1. The Morgan fingerprint density at radius 2 is 2.00 bits per heavy atom. The molecule has 2 aromatic carbocycles. The number of nitrogens with zero attached hydrogens (tertiary/aromatic N) is 1. The molecule has 0 aliphatic carbocycles. The first-order chi connectivity index (χ1) is 9.63. The minimum absolute atomic E-state index is 0.723. The summed E-state index contributed by atoms with van der Waals surface area (Å²) in [5.41, 5.74) is 10.6. The molecule has 0 amide bonds. The van der Waals surface area contributed by atoms with Gasteiger partial charge in [0, 0.05) is 35.4 Å². The number of halogens is 2. The molecule has 2 aromatic rings. The molecule has 104 valence electrons. The molecule has 4 heteroatoms. The molecule has 0 atom stereocenters. The zero-order valence-corrected chi connectivity index (χ0v) is 12.6. The average Bonchev–Trinajstić information content (AvgIpc) is 2.44. The van der Waals surface area contributed by atoms with Crippen LogP contribution in [0.4, 0.5) is 5.69 Å². The predicted molar refractivity (Wildman–Crippen MR) is 85.1 cm³/mol. The van der Waals surface area contributed by atoms with Crippen LogP contribution in [-0.4, -0.2) is 11.4 Å². The summed E-state index contributed by atoms with van der Waals surface area (Å²) < 4.78 is 0. The van der Waals surface area contributed by atoms with Gasteiger partial charge in [0.15, 0.2) is 0 Å². The second kappa shape index (κ2) is 5.65. The average molecular weight is 307 g/mol. The van der Waals surface area contributed by atoms with Gasteiger partial charge in [-0.25, -0.2) is 0 Å². The monoisotopic (exact) mass is 306 g/mol. The van der Waals surface area contributed by atoms with E-state index in [0.29, 0.717) is 0 Å². The number of hydrogen-bond donors (Lipinski definition) is 1. The molecular formula is C16H16Cl2N2. The fraction of sp³-hybridized carbons (Fsp3) is 0.250. The van der Waals surface area contributed by atoms with Crippen LogP contribution in [0.3, 0.4) is 0 Å². The SMILES string of the molecule is Nc1cccc2c1CN(Cc1cc(Cl)ccc1Cl)CC2. The van der Waals surface area contributed by atoms with Gasteiger partial charge < -0.3 is 5.73 Å². The fourth-order valence-electron chi connectivity index (χ4n) is 2.70. The summed E-state index contributed by atoms with van der Waals surface area (Å²) in [6.45, 7) is 2.68. The highest BCUT2D eigenvalue weighted by Crippen LogP contribution is 2.27. The molecule has 1 heterocycles. The lowest BCUT2D eigenvalue weighted by molar-refractivity contribution is 0.246. The molecule has 1 aliphatic heterocycles. The largest absolute Gasteiger partial charge is 0.398 e. The topological polar surface area (TPSA) is 29.3 Å². The Morgan fingerprint density at radius 3 is 2.85 bits per heavy atom. The highest BCUT2D eigenvalue weighted by atomic mass is 35.5. The van der Waals surface area contributed by atoms with Crippen LogP contribution >= 0.6 is 23.2 Å². The van der Waals surface area contributed by atoms with Crippen molar-refractivity contribution < 1.29 is 0 Å². The van der Waals surface area contributed by atoms with Crippen molar-refractivity contribution in [2.45, 2.75) is 19.5 Å². The maximum Gasteiger partial charge on any atom is 0.0452 e. The summed E-state index contributed by atoms with van der Waals surface area (Å²) >= 11 is 12.3. The van der Waals surface area contributed by atoms with E-state index in [-0.39, 0.29) is 0 Å². The van der Waals surface area contributed by atoms with Crippen molar-refractivity contribution in [3.63, 3.8) is 0 Å². The van der Waals surface area contributed by atoms with E-state index in [1.807, 2.05) is 30.3 Å². The van der Waals surface area contributed by atoms with Gasteiger partial charge in [-0.2, -0.15) is 0 Å². The van der Waals surface area contributed by atoms with Crippen LogP contribution < -0.4 is 5.73 Å². The van der Waals surface area contributed by atoms with E-state index in [4.69, 9.17) is 28.9 Å². The Morgan fingerprint density at radius 1 is 1.15 bits per heavy atom. The molecule has 0 aromatic heterocycles. The Bertz CT molecular complexity index is 640. The number of hydrogen-bond acceptors (Lipinski definition) is 2. The van der Waals surface area contributed by atoms with Crippen LogP contribution in [0.25, 0.3) is 0 Å². The lowest BCUT2D eigenvalue weighted by Gasteiger charge is -2.30. The van der Waals surface area contributed by atoms with Crippen LogP contribution in [-0.2, 0) is 19.5 Å². The standard InChI is InChI=1S/C16H16Cl2N2/c17-13-4-5-15(18)12(8-13)9-20-7-6-11-2-1-3-16(19)14(11)10-20/h1-5,8H,6-7,9-10,19H2. The first-order valence-corrected chi connectivity index (χ1v) is 7.41. The Labute approximate surface area is 129 Å². The van der Waals surface area contributed by atoms with Crippen LogP contribution in [0.2, 0.25) is 10.0 Å². The van der Waals surface area contributed by atoms with E-state index in [1.165, 1.54) is 11.1 Å². The van der Waals surface area contributed by atoms with E-state index in [1.54, 1.807) is 0 Å². The van der Waals surface area contributed by atoms with E-state index < -0.39 is 0 Å². The van der Waals surface area contributed by atoms with Crippen LogP contribution in [0, 0.1) is 0 Å². The van der Waals surface area contributed by atoms with Crippen molar-refractivity contribution in [2.24, 2.45) is 0 Å². The molecule has 2 N–H and O–H groups in total. The summed E-state index contributed by atoms with van der Waals surface area (Å²) in [5.74, 6) is 0. The van der Waals surface area contributed by atoms with E-state index in [0.717, 1.165) is 47.4 Å². The summed E-state index contributed by atoms with van der Waals surface area (Å²) in [5, 5.41) is 1.49. The Balaban J connectivity index is 1.81. The molecule has 0 radical (unpaired) electrons. The maximum absolute atomic E-state index is 6.24. The summed E-state index contributed by atoms with van der Waals surface area (Å²) in [4.78, 5) is 2.36. The summed E-state index contributed by atoms with van der Waals surface area (Å²) in [6.07, 6.45) is 1.03. The third-order valence-corrected chi connectivity index (χ3v) is 4.39. The number of nitrogen functional groups attached to an aromatic ring is 1. The number of rotatable bonds is 2. The van der Waals surface area contributed by atoms with E-state index in [9.17, 15) is 0 Å². The third kappa shape index (κ3) is 2.78. The van der Waals surface area contributed by atoms with Crippen molar-refractivity contribution in [2.75, 3.05) is 12.3 Å². The molecule has 20 heavy (non-hydrogen) atoms. The molecule has 0 spiro atoms. The molecule has 0 saturated heterocycles. The minimum atomic E-state index is 0.723. The molecule has 0 saturated carbocycles. The zero-order valence-electron chi connectivity index (χ0n) is 11.1. The lowest BCUT2D eigenvalue weighted by Crippen LogP contribution is -2.30. The van der Waals surface area contributed by atoms with Gasteiger partial charge in [0.1, 0.15) is 0 Å².